The highest BCUT2D eigenvalue weighted by Gasteiger charge is 2.50. The lowest BCUT2D eigenvalue weighted by Gasteiger charge is -2.32. The maximum absolute atomic E-state index is 13.0. The standard InChI is InChI=1S/C25H39BN2O7/c1-23(2,3)33-21(30)19(28-22(31)32-16-17-12-9-8-10-13-17)18(20(27)29)14-11-15-26-34-24(4,5)25(6,7)35-26/h8-10,12-13,18-19H,11,14-16H2,1-7H3,(H2,27,29)(H,28,31)/t18-,19-/m0/s1. The number of carbonyl (C=O) groups excluding carboxylic acids is 3. The van der Waals surface area contributed by atoms with E-state index in [-0.39, 0.29) is 13.0 Å². The molecule has 1 aliphatic rings. The van der Waals surface area contributed by atoms with Gasteiger partial charge in [-0.15, -0.1) is 0 Å². The molecule has 1 aromatic rings. The Morgan fingerprint density at radius 2 is 1.63 bits per heavy atom. The Labute approximate surface area is 208 Å². The SMILES string of the molecule is CC(C)(C)OC(=O)[C@@H](NC(=O)OCc1ccccc1)[C@H](CCCB1OC(C)(C)C(C)(C)O1)C(N)=O. The number of carbonyl (C=O) groups is 3. The van der Waals surface area contributed by atoms with E-state index in [9.17, 15) is 14.4 Å². The zero-order valence-corrected chi connectivity index (χ0v) is 21.9. The van der Waals surface area contributed by atoms with Gasteiger partial charge in [-0.1, -0.05) is 36.8 Å². The molecule has 1 fully saturated rings. The minimum Gasteiger partial charge on any atom is -0.458 e. The van der Waals surface area contributed by atoms with Crippen molar-refractivity contribution in [3.05, 3.63) is 35.9 Å². The van der Waals surface area contributed by atoms with E-state index in [0.717, 1.165) is 5.56 Å². The van der Waals surface area contributed by atoms with Crippen LogP contribution in [0.1, 0.15) is 66.9 Å². The minimum absolute atomic E-state index is 0.0108. The van der Waals surface area contributed by atoms with E-state index in [4.69, 9.17) is 24.5 Å². The highest BCUT2D eigenvalue weighted by molar-refractivity contribution is 6.45. The van der Waals surface area contributed by atoms with Gasteiger partial charge in [-0.2, -0.15) is 0 Å². The number of nitrogens with one attached hydrogen (secondary N) is 1. The number of amides is 2. The van der Waals surface area contributed by atoms with Gasteiger partial charge in [-0.05, 0) is 66.8 Å². The van der Waals surface area contributed by atoms with Gasteiger partial charge in [0, 0.05) is 0 Å². The molecule has 1 saturated heterocycles. The molecule has 3 N–H and O–H groups in total. The van der Waals surface area contributed by atoms with Crippen molar-refractivity contribution in [2.24, 2.45) is 11.7 Å². The summed E-state index contributed by atoms with van der Waals surface area (Å²) < 4.78 is 22.7. The first-order chi connectivity index (χ1) is 16.1. The Morgan fingerprint density at radius 1 is 1.06 bits per heavy atom. The van der Waals surface area contributed by atoms with Crippen molar-refractivity contribution in [2.75, 3.05) is 0 Å². The molecule has 0 radical (unpaired) electrons. The van der Waals surface area contributed by atoms with Crippen molar-refractivity contribution < 1.29 is 33.2 Å². The Kier molecular flexibility index (Phi) is 9.36. The van der Waals surface area contributed by atoms with Crippen LogP contribution in [0.2, 0.25) is 6.32 Å². The largest absolute Gasteiger partial charge is 0.458 e. The van der Waals surface area contributed by atoms with Gasteiger partial charge in [0.1, 0.15) is 18.2 Å². The second kappa shape index (κ2) is 11.4. The molecule has 2 amide bonds. The summed E-state index contributed by atoms with van der Waals surface area (Å²) in [5.74, 6) is -2.48. The number of rotatable bonds is 10. The fourth-order valence-corrected chi connectivity index (χ4v) is 3.64. The molecule has 1 aliphatic heterocycles. The van der Waals surface area contributed by atoms with Crippen molar-refractivity contribution >= 4 is 25.1 Å². The quantitative estimate of drug-likeness (QED) is 0.379. The van der Waals surface area contributed by atoms with Gasteiger partial charge in [0.05, 0.1) is 17.1 Å². The monoisotopic (exact) mass is 490 g/mol. The number of hydrogen-bond donors (Lipinski definition) is 2. The van der Waals surface area contributed by atoms with Crippen molar-refractivity contribution in [3.8, 4) is 0 Å². The molecule has 2 atom stereocenters. The highest BCUT2D eigenvalue weighted by atomic mass is 16.7. The molecule has 1 aromatic carbocycles. The van der Waals surface area contributed by atoms with Crippen LogP contribution in [-0.2, 0) is 35.0 Å². The molecule has 194 valence electrons. The van der Waals surface area contributed by atoms with E-state index in [0.29, 0.717) is 12.7 Å². The van der Waals surface area contributed by atoms with Crippen molar-refractivity contribution in [2.45, 2.75) is 97.1 Å². The van der Waals surface area contributed by atoms with Crippen LogP contribution in [-0.4, -0.2) is 47.9 Å². The molecule has 0 aliphatic carbocycles. The molecule has 2 rings (SSSR count). The topological polar surface area (TPSA) is 126 Å². The number of primary amides is 1. The predicted octanol–water partition coefficient (Wildman–Crippen LogP) is 3.60. The van der Waals surface area contributed by atoms with Crippen molar-refractivity contribution in [1.82, 2.24) is 5.32 Å². The minimum atomic E-state index is -1.30. The van der Waals surface area contributed by atoms with Crippen LogP contribution in [0, 0.1) is 5.92 Å². The Balaban J connectivity index is 2.06. The number of benzene rings is 1. The van der Waals surface area contributed by atoms with E-state index in [1.54, 1.807) is 32.9 Å². The first-order valence-electron chi connectivity index (χ1n) is 12.0. The maximum atomic E-state index is 13.0. The average molecular weight is 490 g/mol. The first-order valence-corrected chi connectivity index (χ1v) is 12.0. The Bertz CT molecular complexity index is 868. The lowest BCUT2D eigenvalue weighted by atomic mass is 9.80. The molecule has 0 aromatic heterocycles. The average Bonchev–Trinajstić information content (AvgIpc) is 2.93. The number of alkyl carbamates (subject to hydrolysis) is 1. The van der Waals surface area contributed by atoms with Crippen LogP contribution in [0.4, 0.5) is 4.79 Å². The molecular formula is C25H39BN2O7. The molecular weight excluding hydrogens is 451 g/mol. The van der Waals surface area contributed by atoms with Crippen LogP contribution in [0.25, 0.3) is 0 Å². The maximum Gasteiger partial charge on any atom is 0.457 e. The fraction of sp³-hybridized carbons (Fsp3) is 0.640. The Hall–Kier alpha value is -2.59. The van der Waals surface area contributed by atoms with Gasteiger partial charge < -0.3 is 29.8 Å². The molecule has 1 heterocycles. The lowest BCUT2D eigenvalue weighted by molar-refractivity contribution is -0.160. The third kappa shape index (κ3) is 8.54. The van der Waals surface area contributed by atoms with E-state index < -0.39 is 53.9 Å². The summed E-state index contributed by atoms with van der Waals surface area (Å²) in [6.45, 7) is 13.0. The van der Waals surface area contributed by atoms with Gasteiger partial charge in [-0.3, -0.25) is 4.79 Å². The van der Waals surface area contributed by atoms with Crippen molar-refractivity contribution in [1.29, 1.82) is 0 Å². The fourth-order valence-electron chi connectivity index (χ4n) is 3.64. The van der Waals surface area contributed by atoms with Crippen LogP contribution < -0.4 is 11.1 Å². The van der Waals surface area contributed by atoms with Crippen LogP contribution in [0.15, 0.2) is 30.3 Å². The van der Waals surface area contributed by atoms with E-state index >= 15 is 0 Å². The van der Waals surface area contributed by atoms with E-state index in [2.05, 4.69) is 5.32 Å². The summed E-state index contributed by atoms with van der Waals surface area (Å²) in [4.78, 5) is 37.8. The summed E-state index contributed by atoms with van der Waals surface area (Å²) in [5, 5.41) is 2.50. The molecule has 35 heavy (non-hydrogen) atoms. The van der Waals surface area contributed by atoms with Gasteiger partial charge in [0.25, 0.3) is 0 Å². The first kappa shape index (κ1) is 28.7. The third-order valence-corrected chi connectivity index (χ3v) is 6.17. The molecule has 9 nitrogen and oxygen atoms in total. The zero-order chi connectivity index (χ0) is 26.4. The normalized spacial score (nSPS) is 18.4. The summed E-state index contributed by atoms with van der Waals surface area (Å²) in [6, 6.07) is 7.81. The lowest BCUT2D eigenvalue weighted by Crippen LogP contribution is -2.52. The van der Waals surface area contributed by atoms with Crippen LogP contribution >= 0.6 is 0 Å². The number of ether oxygens (including phenoxy) is 2. The molecule has 0 spiro atoms. The summed E-state index contributed by atoms with van der Waals surface area (Å²) in [6.07, 6.45) is 0.352. The molecule has 0 saturated carbocycles. The van der Waals surface area contributed by atoms with Gasteiger partial charge in [0.15, 0.2) is 0 Å². The number of esters is 1. The van der Waals surface area contributed by atoms with E-state index in [1.165, 1.54) is 0 Å². The zero-order valence-electron chi connectivity index (χ0n) is 21.9. The summed E-state index contributed by atoms with van der Waals surface area (Å²) >= 11 is 0. The second-order valence-corrected chi connectivity index (χ2v) is 10.8. The summed E-state index contributed by atoms with van der Waals surface area (Å²) in [7, 11) is -0.447. The predicted molar refractivity (Wildman–Crippen MR) is 132 cm³/mol. The smallest absolute Gasteiger partial charge is 0.457 e. The number of hydrogen-bond acceptors (Lipinski definition) is 7. The van der Waals surface area contributed by atoms with Crippen LogP contribution in [0.3, 0.4) is 0 Å². The van der Waals surface area contributed by atoms with E-state index in [1.807, 2.05) is 45.9 Å². The molecule has 0 bridgehead atoms. The van der Waals surface area contributed by atoms with Gasteiger partial charge in [-0.25, -0.2) is 9.59 Å². The van der Waals surface area contributed by atoms with Crippen LogP contribution in [0.5, 0.6) is 0 Å². The van der Waals surface area contributed by atoms with Gasteiger partial charge in [0.2, 0.25) is 5.91 Å². The molecule has 0 unspecified atom stereocenters. The second-order valence-electron chi connectivity index (χ2n) is 10.8. The number of nitrogens with two attached hydrogens (primary N) is 1. The van der Waals surface area contributed by atoms with Crippen molar-refractivity contribution in [3.63, 3.8) is 0 Å². The molecule has 10 heteroatoms. The van der Waals surface area contributed by atoms with Gasteiger partial charge >= 0.3 is 19.2 Å². The highest BCUT2D eigenvalue weighted by Crippen LogP contribution is 2.38. The third-order valence-electron chi connectivity index (χ3n) is 6.17. The summed E-state index contributed by atoms with van der Waals surface area (Å²) in [5.41, 5.74) is 4.68. The Morgan fingerprint density at radius 3 is 2.14 bits per heavy atom.